The molecular weight excluding hydrogens is 414 g/mol. The number of rotatable bonds is 10. The average molecular weight is 446 g/mol. The number of carbonyl (C=O) groups excluding carboxylic acids is 2. The second-order valence-corrected chi connectivity index (χ2v) is 7.78. The van der Waals surface area contributed by atoms with E-state index in [1.165, 1.54) is 5.56 Å². The Hall–Kier alpha value is -3.84. The van der Waals surface area contributed by atoms with E-state index >= 15 is 0 Å². The zero-order valence-corrected chi connectivity index (χ0v) is 18.6. The lowest BCUT2D eigenvalue weighted by Crippen LogP contribution is -2.39. The number of hydrogen-bond donors (Lipinski definition) is 5. The molecule has 3 aromatic carbocycles. The number of benzene rings is 3. The highest BCUT2D eigenvalue weighted by Gasteiger charge is 2.15. The molecule has 0 fully saturated rings. The van der Waals surface area contributed by atoms with Gasteiger partial charge in [0.15, 0.2) is 0 Å². The zero-order chi connectivity index (χ0) is 23.5. The highest BCUT2D eigenvalue weighted by molar-refractivity contribution is 6.05. The molecule has 0 aliphatic rings. The monoisotopic (exact) mass is 445 g/mol. The third-order valence-electron chi connectivity index (χ3n) is 5.33. The minimum atomic E-state index is -0.246. The highest BCUT2D eigenvalue weighted by Crippen LogP contribution is 2.21. The number of carbonyl (C=O) groups is 2. The molecule has 0 radical (unpaired) electrons. The van der Waals surface area contributed by atoms with Gasteiger partial charge in [0.1, 0.15) is 0 Å². The molecule has 0 heterocycles. The summed E-state index contributed by atoms with van der Waals surface area (Å²) in [5.41, 5.74) is 15.3. The van der Waals surface area contributed by atoms with E-state index in [9.17, 15) is 9.59 Å². The Bertz CT molecular complexity index is 1040. The van der Waals surface area contributed by atoms with Crippen LogP contribution >= 0.6 is 0 Å². The summed E-state index contributed by atoms with van der Waals surface area (Å²) in [4.78, 5) is 25.0. The van der Waals surface area contributed by atoms with Crippen molar-refractivity contribution in [2.24, 2.45) is 5.73 Å². The first-order valence-corrected chi connectivity index (χ1v) is 11.1. The van der Waals surface area contributed by atoms with E-state index in [0.717, 1.165) is 18.4 Å². The van der Waals surface area contributed by atoms with Gasteiger partial charge in [0.25, 0.3) is 5.91 Å². The molecule has 0 bridgehead atoms. The topological polar surface area (TPSA) is 122 Å². The smallest absolute Gasteiger partial charge is 0.315 e. The fourth-order valence-corrected chi connectivity index (χ4v) is 3.49. The molecule has 0 saturated heterocycles. The van der Waals surface area contributed by atoms with Gasteiger partial charge in [-0.25, -0.2) is 4.79 Å². The van der Waals surface area contributed by atoms with Crippen LogP contribution in [0.1, 0.15) is 40.4 Å². The van der Waals surface area contributed by atoms with Crippen molar-refractivity contribution in [3.05, 3.63) is 95.6 Å². The quantitative estimate of drug-likeness (QED) is 0.304. The number of amides is 3. The predicted molar refractivity (Wildman–Crippen MR) is 133 cm³/mol. The molecule has 0 aliphatic heterocycles. The van der Waals surface area contributed by atoms with Crippen molar-refractivity contribution in [3.63, 3.8) is 0 Å². The van der Waals surface area contributed by atoms with Crippen molar-refractivity contribution in [1.29, 1.82) is 0 Å². The van der Waals surface area contributed by atoms with Crippen LogP contribution in [0.15, 0.2) is 78.9 Å². The van der Waals surface area contributed by atoms with Crippen molar-refractivity contribution >= 4 is 23.3 Å². The molecule has 3 amide bonds. The molecule has 172 valence electrons. The third-order valence-corrected chi connectivity index (χ3v) is 5.33. The first-order chi connectivity index (χ1) is 16.1. The minimum Gasteiger partial charge on any atom is -0.397 e. The number of nitrogens with one attached hydrogen (secondary N) is 3. The first kappa shape index (κ1) is 23.8. The Morgan fingerprint density at radius 1 is 0.879 bits per heavy atom. The highest BCUT2D eigenvalue weighted by atomic mass is 16.2. The van der Waals surface area contributed by atoms with Gasteiger partial charge in [0.05, 0.1) is 17.4 Å². The van der Waals surface area contributed by atoms with Crippen LogP contribution in [0.3, 0.4) is 0 Å². The summed E-state index contributed by atoms with van der Waals surface area (Å²) in [6.45, 7) is 1.08. The van der Waals surface area contributed by atoms with Crippen LogP contribution in [0.25, 0.3) is 0 Å². The molecule has 33 heavy (non-hydrogen) atoms. The van der Waals surface area contributed by atoms with E-state index in [4.69, 9.17) is 11.5 Å². The largest absolute Gasteiger partial charge is 0.397 e. The summed E-state index contributed by atoms with van der Waals surface area (Å²) in [5.74, 6) is -0.246. The fourth-order valence-electron chi connectivity index (χ4n) is 3.49. The molecule has 0 spiro atoms. The third kappa shape index (κ3) is 7.36. The van der Waals surface area contributed by atoms with Crippen LogP contribution in [-0.2, 0) is 6.42 Å². The van der Waals surface area contributed by atoms with Crippen LogP contribution in [0.2, 0.25) is 0 Å². The Balaban J connectivity index is 1.58. The van der Waals surface area contributed by atoms with Gasteiger partial charge in [-0.2, -0.15) is 0 Å². The van der Waals surface area contributed by atoms with Crippen LogP contribution in [-0.4, -0.2) is 25.0 Å². The van der Waals surface area contributed by atoms with Crippen LogP contribution in [0.4, 0.5) is 16.2 Å². The number of anilines is 2. The average Bonchev–Trinajstić information content (AvgIpc) is 2.84. The molecule has 1 atom stereocenters. The van der Waals surface area contributed by atoms with Gasteiger partial charge < -0.3 is 27.4 Å². The van der Waals surface area contributed by atoms with E-state index in [0.29, 0.717) is 36.4 Å². The van der Waals surface area contributed by atoms with E-state index in [1.54, 1.807) is 24.3 Å². The number of hydrogen-bond acceptors (Lipinski definition) is 4. The molecule has 0 aromatic heterocycles. The number of nitrogens with two attached hydrogens (primary N) is 2. The maximum Gasteiger partial charge on any atom is 0.315 e. The molecule has 0 aliphatic carbocycles. The SMILES string of the molecule is NCCCC(NC(=O)NCCc1ccccc1)c1ccc(C(=O)Nc2ccccc2N)cc1. The predicted octanol–water partition coefficient (Wildman–Crippen LogP) is 3.84. The van der Waals surface area contributed by atoms with Gasteiger partial charge in [-0.05, 0) is 61.2 Å². The molecule has 3 aromatic rings. The number of para-hydroxylation sites is 2. The van der Waals surface area contributed by atoms with Crippen molar-refractivity contribution in [3.8, 4) is 0 Å². The van der Waals surface area contributed by atoms with Crippen molar-refractivity contribution in [2.75, 3.05) is 24.1 Å². The van der Waals surface area contributed by atoms with Crippen molar-refractivity contribution < 1.29 is 9.59 Å². The second-order valence-electron chi connectivity index (χ2n) is 7.78. The van der Waals surface area contributed by atoms with Crippen LogP contribution < -0.4 is 27.4 Å². The standard InChI is InChI=1S/C26H31N5O2/c27-17-6-11-23(31-26(33)29-18-16-19-7-2-1-3-8-19)20-12-14-21(15-13-20)25(32)30-24-10-5-4-9-22(24)28/h1-5,7-10,12-15,23H,6,11,16-18,27-28H2,(H,30,32)(H2,29,31,33). The summed E-state index contributed by atoms with van der Waals surface area (Å²) in [6, 6.07) is 23.9. The summed E-state index contributed by atoms with van der Waals surface area (Å²) >= 11 is 0. The molecule has 0 saturated carbocycles. The second kappa shape index (κ2) is 12.3. The fraction of sp³-hybridized carbons (Fsp3) is 0.231. The molecule has 1 unspecified atom stereocenters. The lowest BCUT2D eigenvalue weighted by atomic mass is 10.0. The van der Waals surface area contributed by atoms with E-state index < -0.39 is 0 Å². The molecule has 7 nitrogen and oxygen atoms in total. The van der Waals surface area contributed by atoms with Gasteiger partial charge in [-0.15, -0.1) is 0 Å². The Kier molecular flexibility index (Phi) is 8.85. The lowest BCUT2D eigenvalue weighted by molar-refractivity contribution is 0.102. The molecule has 3 rings (SSSR count). The minimum absolute atomic E-state index is 0.202. The Labute approximate surface area is 194 Å². The summed E-state index contributed by atoms with van der Waals surface area (Å²) in [5, 5.41) is 8.76. The van der Waals surface area contributed by atoms with Gasteiger partial charge in [0, 0.05) is 12.1 Å². The van der Waals surface area contributed by atoms with E-state index in [1.807, 2.05) is 54.6 Å². The molecule has 7 heteroatoms. The first-order valence-electron chi connectivity index (χ1n) is 11.1. The normalized spacial score (nSPS) is 11.4. The maximum absolute atomic E-state index is 12.6. The van der Waals surface area contributed by atoms with Gasteiger partial charge in [-0.3, -0.25) is 4.79 Å². The summed E-state index contributed by atoms with van der Waals surface area (Å²) < 4.78 is 0. The maximum atomic E-state index is 12.6. The van der Waals surface area contributed by atoms with Gasteiger partial charge >= 0.3 is 6.03 Å². The van der Waals surface area contributed by atoms with E-state index in [-0.39, 0.29) is 18.0 Å². The molecular formula is C26H31N5O2. The summed E-state index contributed by atoms with van der Waals surface area (Å²) in [6.07, 6.45) is 2.23. The van der Waals surface area contributed by atoms with Gasteiger partial charge in [0.2, 0.25) is 0 Å². The number of urea groups is 1. The number of nitrogen functional groups attached to an aromatic ring is 1. The van der Waals surface area contributed by atoms with Gasteiger partial charge in [-0.1, -0.05) is 54.6 Å². The van der Waals surface area contributed by atoms with Crippen molar-refractivity contribution in [2.45, 2.75) is 25.3 Å². The van der Waals surface area contributed by atoms with Crippen LogP contribution in [0.5, 0.6) is 0 Å². The Morgan fingerprint density at radius 3 is 2.27 bits per heavy atom. The van der Waals surface area contributed by atoms with Crippen LogP contribution in [0, 0.1) is 0 Å². The molecule has 7 N–H and O–H groups in total. The van der Waals surface area contributed by atoms with E-state index in [2.05, 4.69) is 16.0 Å². The summed E-state index contributed by atoms with van der Waals surface area (Å²) in [7, 11) is 0. The zero-order valence-electron chi connectivity index (χ0n) is 18.6. The Morgan fingerprint density at radius 2 is 1.58 bits per heavy atom. The van der Waals surface area contributed by atoms with Crippen molar-refractivity contribution in [1.82, 2.24) is 10.6 Å². The lowest BCUT2D eigenvalue weighted by Gasteiger charge is -2.20.